The number of thioether (sulfide) groups is 1. The van der Waals surface area contributed by atoms with Gasteiger partial charge in [0.25, 0.3) is 0 Å². The van der Waals surface area contributed by atoms with E-state index in [1.165, 1.54) is 11.1 Å². The summed E-state index contributed by atoms with van der Waals surface area (Å²) >= 11 is 1.60. The van der Waals surface area contributed by atoms with E-state index in [0.717, 1.165) is 21.8 Å². The van der Waals surface area contributed by atoms with E-state index >= 15 is 0 Å². The van der Waals surface area contributed by atoms with E-state index in [0.29, 0.717) is 0 Å². The van der Waals surface area contributed by atoms with Crippen LogP contribution in [0.5, 0.6) is 0 Å². The Morgan fingerprint density at radius 1 is 1.10 bits per heavy atom. The van der Waals surface area contributed by atoms with Crippen LogP contribution in [0.1, 0.15) is 16.7 Å². The van der Waals surface area contributed by atoms with Crippen LogP contribution in [0.2, 0.25) is 0 Å². The molecule has 0 aliphatic carbocycles. The lowest BCUT2D eigenvalue weighted by Crippen LogP contribution is -2.12. The van der Waals surface area contributed by atoms with Crippen LogP contribution in [0.4, 0.5) is 11.4 Å². The fourth-order valence-electron chi connectivity index (χ4n) is 2.39. The zero-order valence-electron chi connectivity index (χ0n) is 12.3. The van der Waals surface area contributed by atoms with Crippen molar-refractivity contribution >= 4 is 23.1 Å². The highest BCUT2D eigenvalue weighted by molar-refractivity contribution is 7.98. The smallest absolute Gasteiger partial charge is 0.103 e. The van der Waals surface area contributed by atoms with Crippen LogP contribution in [-0.4, -0.2) is 13.3 Å². The molecule has 3 heteroatoms. The first-order valence-electron chi connectivity index (χ1n) is 6.46. The van der Waals surface area contributed by atoms with Gasteiger partial charge in [0, 0.05) is 17.6 Å². The largest absolute Gasteiger partial charge is 0.343 e. The maximum Gasteiger partial charge on any atom is 0.103 e. The van der Waals surface area contributed by atoms with Crippen molar-refractivity contribution in [1.82, 2.24) is 0 Å². The number of anilines is 2. The Hall–Kier alpha value is -1.92. The van der Waals surface area contributed by atoms with Crippen LogP contribution in [0, 0.1) is 25.2 Å². The third-order valence-corrected chi connectivity index (χ3v) is 4.19. The first-order valence-corrected chi connectivity index (χ1v) is 7.69. The number of nitriles is 1. The summed E-state index contributed by atoms with van der Waals surface area (Å²) in [5, 5.41) is 9.45. The summed E-state index contributed by atoms with van der Waals surface area (Å²) in [5.74, 6) is 0. The Kier molecular flexibility index (Phi) is 4.36. The van der Waals surface area contributed by atoms with Gasteiger partial charge in [0.15, 0.2) is 0 Å². The Morgan fingerprint density at radius 2 is 1.85 bits per heavy atom. The number of aryl methyl sites for hydroxylation is 2. The Balaban J connectivity index is 2.54. The van der Waals surface area contributed by atoms with Gasteiger partial charge in [-0.2, -0.15) is 5.26 Å². The summed E-state index contributed by atoms with van der Waals surface area (Å²) in [6.07, 6.45) is 2.00. The highest BCUT2D eigenvalue weighted by atomic mass is 32.2. The van der Waals surface area contributed by atoms with E-state index in [1.807, 2.05) is 31.5 Å². The van der Waals surface area contributed by atoms with Gasteiger partial charge >= 0.3 is 0 Å². The Bertz CT molecular complexity index is 671. The first kappa shape index (κ1) is 14.5. The number of hydrogen-bond acceptors (Lipinski definition) is 3. The molecule has 0 unspecified atom stereocenters. The molecule has 0 saturated carbocycles. The predicted octanol–water partition coefficient (Wildman–Crippen LogP) is 4.66. The van der Waals surface area contributed by atoms with E-state index < -0.39 is 0 Å². The minimum atomic E-state index is 0.738. The van der Waals surface area contributed by atoms with Gasteiger partial charge in [0.2, 0.25) is 0 Å². The van der Waals surface area contributed by atoms with Crippen molar-refractivity contribution < 1.29 is 0 Å². The molecule has 0 N–H and O–H groups in total. The average molecular weight is 282 g/mol. The predicted molar refractivity (Wildman–Crippen MR) is 86.9 cm³/mol. The van der Waals surface area contributed by atoms with Gasteiger partial charge in [-0.15, -0.1) is 11.8 Å². The maximum atomic E-state index is 9.45. The standard InChI is InChI=1S/C17H18N2S/c1-12-8-9-15(13(2)10-12)19(3)16-6-5-7-17(20-4)14(16)11-18/h5-10H,1-4H3. The maximum absolute atomic E-state index is 9.45. The summed E-state index contributed by atoms with van der Waals surface area (Å²) in [7, 11) is 2.01. The van der Waals surface area contributed by atoms with Gasteiger partial charge in [0.05, 0.1) is 11.3 Å². The summed E-state index contributed by atoms with van der Waals surface area (Å²) in [5.41, 5.74) is 5.28. The van der Waals surface area contributed by atoms with Gasteiger partial charge in [-0.05, 0) is 43.9 Å². The number of nitrogens with zero attached hydrogens (tertiary/aromatic N) is 2. The molecule has 0 radical (unpaired) electrons. The second-order valence-electron chi connectivity index (χ2n) is 4.82. The zero-order chi connectivity index (χ0) is 14.7. The number of benzene rings is 2. The number of rotatable bonds is 3. The highest BCUT2D eigenvalue weighted by Crippen LogP contribution is 2.33. The molecular weight excluding hydrogens is 264 g/mol. The van der Waals surface area contributed by atoms with Gasteiger partial charge in [-0.3, -0.25) is 0 Å². The van der Waals surface area contributed by atoms with Crippen molar-refractivity contribution in [3.63, 3.8) is 0 Å². The van der Waals surface area contributed by atoms with Crippen LogP contribution >= 0.6 is 11.8 Å². The molecule has 0 aliphatic heterocycles. The highest BCUT2D eigenvalue weighted by Gasteiger charge is 2.14. The van der Waals surface area contributed by atoms with Crippen molar-refractivity contribution in [2.45, 2.75) is 18.7 Å². The molecule has 0 atom stereocenters. The molecule has 0 aliphatic rings. The molecule has 2 nitrogen and oxygen atoms in total. The lowest BCUT2D eigenvalue weighted by molar-refractivity contribution is 1.16. The zero-order valence-corrected chi connectivity index (χ0v) is 13.1. The molecule has 0 fully saturated rings. The molecule has 0 saturated heterocycles. The van der Waals surface area contributed by atoms with Crippen molar-refractivity contribution in [3.05, 3.63) is 53.1 Å². The summed E-state index contributed by atoms with van der Waals surface area (Å²) in [6.45, 7) is 4.19. The van der Waals surface area contributed by atoms with E-state index in [-0.39, 0.29) is 0 Å². The topological polar surface area (TPSA) is 27.0 Å². The molecule has 0 bridgehead atoms. The first-order chi connectivity index (χ1) is 9.58. The molecule has 2 aromatic carbocycles. The van der Waals surface area contributed by atoms with E-state index in [2.05, 4.69) is 43.0 Å². The Morgan fingerprint density at radius 3 is 2.45 bits per heavy atom. The molecule has 2 aromatic rings. The second kappa shape index (κ2) is 6.02. The van der Waals surface area contributed by atoms with Crippen LogP contribution in [0.25, 0.3) is 0 Å². The fourth-order valence-corrected chi connectivity index (χ4v) is 2.96. The van der Waals surface area contributed by atoms with E-state index in [9.17, 15) is 5.26 Å². The SMILES string of the molecule is CSc1cccc(N(C)c2ccc(C)cc2C)c1C#N. The number of hydrogen-bond donors (Lipinski definition) is 0. The summed E-state index contributed by atoms with van der Waals surface area (Å²) in [4.78, 5) is 3.11. The average Bonchev–Trinajstić information content (AvgIpc) is 2.45. The molecule has 0 amide bonds. The summed E-state index contributed by atoms with van der Waals surface area (Å²) in [6, 6.07) is 14.7. The molecule has 0 heterocycles. The normalized spacial score (nSPS) is 10.2. The van der Waals surface area contributed by atoms with E-state index in [1.54, 1.807) is 11.8 Å². The molecule has 102 valence electrons. The summed E-state index contributed by atoms with van der Waals surface area (Å²) < 4.78 is 0. The van der Waals surface area contributed by atoms with Gasteiger partial charge in [0.1, 0.15) is 6.07 Å². The van der Waals surface area contributed by atoms with Crippen molar-refractivity contribution in [3.8, 4) is 6.07 Å². The van der Waals surface area contributed by atoms with E-state index in [4.69, 9.17) is 0 Å². The molecular formula is C17H18N2S. The van der Waals surface area contributed by atoms with Crippen LogP contribution < -0.4 is 4.90 Å². The second-order valence-corrected chi connectivity index (χ2v) is 5.66. The lowest BCUT2D eigenvalue weighted by Gasteiger charge is -2.23. The third kappa shape index (κ3) is 2.66. The van der Waals surface area contributed by atoms with Crippen LogP contribution in [0.15, 0.2) is 41.3 Å². The third-order valence-electron chi connectivity index (χ3n) is 3.41. The Labute approximate surface area is 125 Å². The van der Waals surface area contributed by atoms with Gasteiger partial charge in [-0.25, -0.2) is 0 Å². The van der Waals surface area contributed by atoms with Gasteiger partial charge in [-0.1, -0.05) is 23.8 Å². The molecule has 20 heavy (non-hydrogen) atoms. The van der Waals surface area contributed by atoms with Gasteiger partial charge < -0.3 is 4.90 Å². The van der Waals surface area contributed by atoms with Crippen molar-refractivity contribution in [2.24, 2.45) is 0 Å². The minimum absolute atomic E-state index is 0.738. The molecule has 2 rings (SSSR count). The van der Waals surface area contributed by atoms with Crippen LogP contribution in [-0.2, 0) is 0 Å². The molecule has 0 aromatic heterocycles. The quantitative estimate of drug-likeness (QED) is 0.766. The minimum Gasteiger partial charge on any atom is -0.343 e. The van der Waals surface area contributed by atoms with Crippen molar-refractivity contribution in [1.29, 1.82) is 5.26 Å². The van der Waals surface area contributed by atoms with Crippen LogP contribution in [0.3, 0.4) is 0 Å². The molecule has 0 spiro atoms. The monoisotopic (exact) mass is 282 g/mol. The fraction of sp³-hybridized carbons (Fsp3) is 0.235. The van der Waals surface area contributed by atoms with Crippen molar-refractivity contribution in [2.75, 3.05) is 18.2 Å². The lowest BCUT2D eigenvalue weighted by atomic mass is 10.1.